The van der Waals surface area contributed by atoms with E-state index in [-0.39, 0.29) is 11.4 Å². The number of nitrogens with one attached hydrogen (secondary N) is 1. The van der Waals surface area contributed by atoms with Crippen LogP contribution in [0.2, 0.25) is 5.02 Å². The Morgan fingerprint density at radius 1 is 1.22 bits per heavy atom. The lowest BCUT2D eigenvalue weighted by molar-refractivity contribution is -0.112. The molecule has 0 atom stereocenters. The maximum absolute atomic E-state index is 13.6. The fraction of sp³-hybridized carbons (Fsp3) is 0.120. The number of hydrogen-bond acceptors (Lipinski definition) is 3. The molecule has 0 radical (unpaired) electrons. The molecule has 3 aromatic rings. The van der Waals surface area contributed by atoms with Gasteiger partial charge in [0.25, 0.3) is 5.91 Å². The lowest BCUT2D eigenvalue weighted by Gasteiger charge is -2.14. The summed E-state index contributed by atoms with van der Waals surface area (Å²) in [4.78, 5) is 12.6. The molecule has 0 saturated carbocycles. The Morgan fingerprint density at radius 2 is 1.97 bits per heavy atom. The minimum absolute atomic E-state index is 0.0453. The third-order valence-electron chi connectivity index (χ3n) is 4.52. The van der Waals surface area contributed by atoms with Gasteiger partial charge in [-0.25, -0.2) is 4.39 Å². The van der Waals surface area contributed by atoms with Gasteiger partial charge in [-0.2, -0.15) is 5.26 Å². The molecule has 32 heavy (non-hydrogen) atoms. The standard InChI is InChI=1S/C25H19ClFIN2O2/c1-2-32-24-14-17(13-23(28)22(24)12-16-4-3-5-20(27)11-16)10-18(15-29)25(31)30-21-8-6-19(26)7-9-21/h3-11,13-14H,2,12H2,1H3,(H,30,31)/b18-10+. The SMILES string of the molecule is CCOc1cc(/C=C(\C#N)C(=O)Nc2ccc(Cl)cc2)cc(I)c1Cc1cccc(F)c1. The highest BCUT2D eigenvalue weighted by Gasteiger charge is 2.14. The van der Waals surface area contributed by atoms with E-state index in [4.69, 9.17) is 16.3 Å². The second-order valence-corrected chi connectivity index (χ2v) is 8.45. The van der Waals surface area contributed by atoms with Gasteiger partial charge in [-0.3, -0.25) is 4.79 Å². The summed E-state index contributed by atoms with van der Waals surface area (Å²) in [6.45, 7) is 2.32. The van der Waals surface area contributed by atoms with Crippen LogP contribution < -0.4 is 10.1 Å². The van der Waals surface area contributed by atoms with Crippen LogP contribution in [0.25, 0.3) is 6.08 Å². The quantitative estimate of drug-likeness (QED) is 0.201. The number of carbonyl (C=O) groups excluding carboxylic acids is 1. The lowest BCUT2D eigenvalue weighted by atomic mass is 10.0. The summed E-state index contributed by atoms with van der Waals surface area (Å²) < 4.78 is 20.3. The zero-order valence-electron chi connectivity index (χ0n) is 17.2. The zero-order chi connectivity index (χ0) is 23.1. The summed E-state index contributed by atoms with van der Waals surface area (Å²) in [6, 6.07) is 18.7. The Labute approximate surface area is 204 Å². The Morgan fingerprint density at radius 3 is 2.62 bits per heavy atom. The molecule has 0 unspecified atom stereocenters. The fourth-order valence-corrected chi connectivity index (χ4v) is 4.01. The van der Waals surface area contributed by atoms with Gasteiger partial charge in [0.15, 0.2) is 0 Å². The summed E-state index contributed by atoms with van der Waals surface area (Å²) in [5.41, 5.74) is 2.89. The normalized spacial score (nSPS) is 11.0. The van der Waals surface area contributed by atoms with Gasteiger partial charge in [0.1, 0.15) is 23.2 Å². The van der Waals surface area contributed by atoms with Crippen molar-refractivity contribution in [1.82, 2.24) is 0 Å². The Kier molecular flexibility index (Phi) is 8.26. The monoisotopic (exact) mass is 560 g/mol. The minimum atomic E-state index is -0.522. The van der Waals surface area contributed by atoms with E-state index in [1.54, 1.807) is 36.4 Å². The topological polar surface area (TPSA) is 62.1 Å². The number of rotatable bonds is 7. The molecular formula is C25H19ClFIN2O2. The average molecular weight is 561 g/mol. The molecule has 0 aromatic heterocycles. The summed E-state index contributed by atoms with van der Waals surface area (Å²) in [6.07, 6.45) is 2.01. The van der Waals surface area contributed by atoms with Crippen LogP contribution >= 0.6 is 34.2 Å². The largest absolute Gasteiger partial charge is 0.494 e. The Bertz CT molecular complexity index is 1200. The van der Waals surface area contributed by atoms with Gasteiger partial charge in [0.2, 0.25) is 0 Å². The molecule has 0 heterocycles. The van der Waals surface area contributed by atoms with Crippen molar-refractivity contribution in [2.45, 2.75) is 13.3 Å². The number of carbonyl (C=O) groups is 1. The van der Waals surface area contributed by atoms with Crippen molar-refractivity contribution in [3.63, 3.8) is 0 Å². The molecule has 1 amide bonds. The number of hydrogen-bond donors (Lipinski definition) is 1. The average Bonchev–Trinajstić information content (AvgIpc) is 2.76. The first-order valence-electron chi connectivity index (χ1n) is 9.78. The summed E-state index contributed by atoms with van der Waals surface area (Å²) >= 11 is 8.05. The number of halogens is 3. The molecule has 0 aliphatic rings. The van der Waals surface area contributed by atoms with Crippen molar-refractivity contribution in [3.05, 3.63) is 97.3 Å². The van der Waals surface area contributed by atoms with Crippen LogP contribution in [-0.4, -0.2) is 12.5 Å². The van der Waals surface area contributed by atoms with E-state index in [1.165, 1.54) is 18.2 Å². The molecule has 0 fully saturated rings. The van der Waals surface area contributed by atoms with Crippen LogP contribution in [0.3, 0.4) is 0 Å². The van der Waals surface area contributed by atoms with E-state index in [0.717, 1.165) is 14.7 Å². The second kappa shape index (κ2) is 11.1. The molecule has 0 saturated heterocycles. The van der Waals surface area contributed by atoms with Crippen molar-refractivity contribution in [2.24, 2.45) is 0 Å². The second-order valence-electron chi connectivity index (χ2n) is 6.85. The number of nitrogens with zero attached hydrogens (tertiary/aromatic N) is 1. The van der Waals surface area contributed by atoms with E-state index in [1.807, 2.05) is 25.1 Å². The van der Waals surface area contributed by atoms with Crippen LogP contribution in [0.1, 0.15) is 23.6 Å². The van der Waals surface area contributed by atoms with Crippen molar-refractivity contribution < 1.29 is 13.9 Å². The summed E-state index contributed by atoms with van der Waals surface area (Å²) in [5.74, 6) is -0.183. The van der Waals surface area contributed by atoms with Crippen LogP contribution in [0.5, 0.6) is 5.75 Å². The number of benzene rings is 3. The van der Waals surface area contributed by atoms with Gasteiger partial charge >= 0.3 is 0 Å². The highest BCUT2D eigenvalue weighted by atomic mass is 127. The van der Waals surface area contributed by atoms with Gasteiger partial charge < -0.3 is 10.1 Å². The van der Waals surface area contributed by atoms with Crippen molar-refractivity contribution in [3.8, 4) is 11.8 Å². The van der Waals surface area contributed by atoms with E-state index < -0.39 is 5.91 Å². The number of ether oxygens (including phenoxy) is 1. The van der Waals surface area contributed by atoms with Gasteiger partial charge in [-0.15, -0.1) is 0 Å². The van der Waals surface area contributed by atoms with Crippen LogP contribution in [-0.2, 0) is 11.2 Å². The van der Waals surface area contributed by atoms with Crippen LogP contribution in [0.4, 0.5) is 10.1 Å². The molecule has 7 heteroatoms. The molecular weight excluding hydrogens is 542 g/mol. The first-order valence-corrected chi connectivity index (χ1v) is 11.2. The number of anilines is 1. The first kappa shape index (κ1) is 23.8. The molecule has 4 nitrogen and oxygen atoms in total. The van der Waals surface area contributed by atoms with Gasteiger partial charge in [0, 0.05) is 26.3 Å². The molecule has 1 N–H and O–H groups in total. The van der Waals surface area contributed by atoms with Crippen molar-refractivity contribution >= 4 is 51.9 Å². The first-order chi connectivity index (χ1) is 15.4. The zero-order valence-corrected chi connectivity index (χ0v) is 20.1. The maximum atomic E-state index is 13.6. The van der Waals surface area contributed by atoms with Gasteiger partial charge in [0.05, 0.1) is 6.61 Å². The molecule has 0 aliphatic carbocycles. The molecule has 0 aliphatic heterocycles. The number of nitriles is 1. The van der Waals surface area contributed by atoms with Gasteiger partial charge in [-0.05, 0) is 95.2 Å². The number of amides is 1. The van der Waals surface area contributed by atoms with Crippen LogP contribution in [0.15, 0.2) is 66.2 Å². The Hall–Kier alpha value is -2.89. The summed E-state index contributed by atoms with van der Waals surface area (Å²) in [7, 11) is 0. The molecule has 162 valence electrons. The van der Waals surface area contributed by atoms with Crippen LogP contribution in [0, 0.1) is 20.7 Å². The lowest BCUT2D eigenvalue weighted by Crippen LogP contribution is -2.13. The van der Waals surface area contributed by atoms with Crippen molar-refractivity contribution in [1.29, 1.82) is 5.26 Å². The third-order valence-corrected chi connectivity index (χ3v) is 5.74. The molecule has 0 spiro atoms. The predicted molar refractivity (Wildman–Crippen MR) is 133 cm³/mol. The van der Waals surface area contributed by atoms with E-state index in [2.05, 4.69) is 27.9 Å². The third kappa shape index (κ3) is 6.31. The predicted octanol–water partition coefficient (Wildman–Crippen LogP) is 6.62. The smallest absolute Gasteiger partial charge is 0.266 e. The molecule has 0 bridgehead atoms. The highest BCUT2D eigenvalue weighted by molar-refractivity contribution is 14.1. The van der Waals surface area contributed by atoms with Crippen molar-refractivity contribution in [2.75, 3.05) is 11.9 Å². The molecule has 3 rings (SSSR count). The maximum Gasteiger partial charge on any atom is 0.266 e. The van der Waals surface area contributed by atoms with E-state index in [9.17, 15) is 14.4 Å². The fourth-order valence-electron chi connectivity index (χ4n) is 3.07. The van der Waals surface area contributed by atoms with E-state index >= 15 is 0 Å². The van der Waals surface area contributed by atoms with Gasteiger partial charge in [-0.1, -0.05) is 23.7 Å². The molecule has 3 aromatic carbocycles. The summed E-state index contributed by atoms with van der Waals surface area (Å²) in [5, 5.41) is 12.8. The minimum Gasteiger partial charge on any atom is -0.494 e. The van der Waals surface area contributed by atoms with E-state index in [0.29, 0.717) is 35.1 Å². The highest BCUT2D eigenvalue weighted by Crippen LogP contribution is 2.30. The Balaban J connectivity index is 1.90.